The van der Waals surface area contributed by atoms with E-state index >= 15 is 0 Å². The Morgan fingerprint density at radius 3 is 2.23 bits per heavy atom. The molecule has 12 heteroatoms. The number of piperidine rings is 1. The molecular formula is C23H32F3N3O6. The van der Waals surface area contributed by atoms with E-state index < -0.39 is 18.1 Å². The van der Waals surface area contributed by atoms with Gasteiger partial charge in [-0.15, -0.1) is 0 Å². The molecule has 2 fully saturated rings. The van der Waals surface area contributed by atoms with E-state index in [4.69, 9.17) is 14.6 Å². The number of hydrogen-bond acceptors (Lipinski definition) is 5. The van der Waals surface area contributed by atoms with Crippen molar-refractivity contribution in [2.75, 3.05) is 45.9 Å². The first kappa shape index (κ1) is 28.4. The molecule has 1 aromatic carbocycles. The van der Waals surface area contributed by atoms with Gasteiger partial charge in [0.15, 0.2) is 0 Å². The number of carbonyl (C=O) groups excluding carboxylic acids is 1. The monoisotopic (exact) mass is 503 g/mol. The van der Waals surface area contributed by atoms with Crippen LogP contribution < -0.4 is 5.32 Å². The summed E-state index contributed by atoms with van der Waals surface area (Å²) in [5.41, 5.74) is 1.19. The van der Waals surface area contributed by atoms with Crippen molar-refractivity contribution in [1.82, 2.24) is 15.1 Å². The van der Waals surface area contributed by atoms with Crippen LogP contribution in [-0.2, 0) is 20.7 Å². The first-order valence-electron chi connectivity index (χ1n) is 11.4. The number of nitrogens with one attached hydrogen (secondary N) is 1. The third-order valence-corrected chi connectivity index (χ3v) is 5.99. The van der Waals surface area contributed by atoms with Gasteiger partial charge in [-0.25, -0.2) is 9.59 Å². The van der Waals surface area contributed by atoms with Gasteiger partial charge in [-0.1, -0.05) is 37.3 Å². The van der Waals surface area contributed by atoms with Gasteiger partial charge in [-0.2, -0.15) is 13.2 Å². The molecule has 3 N–H and O–H groups in total. The number of rotatable bonds is 6. The Hall–Kier alpha value is -2.86. The average molecular weight is 504 g/mol. The van der Waals surface area contributed by atoms with E-state index in [0.717, 1.165) is 39.3 Å². The Morgan fingerprint density at radius 2 is 1.71 bits per heavy atom. The Morgan fingerprint density at radius 1 is 1.11 bits per heavy atom. The summed E-state index contributed by atoms with van der Waals surface area (Å²) in [6.07, 6.45) is -3.80. The van der Waals surface area contributed by atoms with Gasteiger partial charge < -0.3 is 25.2 Å². The summed E-state index contributed by atoms with van der Waals surface area (Å²) in [5.74, 6) is -3.92. The SMILES string of the molecule is CC1CN(C(=O)NC(Cc2ccccc2)CN2CCOCC2)CCC1C(=O)O.O=C(O)C(F)(F)F. The third kappa shape index (κ3) is 9.73. The molecule has 1 aromatic rings. The minimum Gasteiger partial charge on any atom is -0.481 e. The van der Waals surface area contributed by atoms with E-state index in [0.29, 0.717) is 19.5 Å². The van der Waals surface area contributed by atoms with E-state index in [2.05, 4.69) is 22.3 Å². The van der Waals surface area contributed by atoms with Gasteiger partial charge in [0.25, 0.3) is 0 Å². The molecule has 3 atom stereocenters. The number of benzene rings is 1. The summed E-state index contributed by atoms with van der Waals surface area (Å²) in [6, 6.07) is 10.1. The molecule has 0 spiro atoms. The maximum Gasteiger partial charge on any atom is 0.490 e. The maximum atomic E-state index is 12.9. The van der Waals surface area contributed by atoms with Crippen LogP contribution in [0.15, 0.2) is 30.3 Å². The van der Waals surface area contributed by atoms with E-state index in [1.54, 1.807) is 4.90 Å². The van der Waals surface area contributed by atoms with Gasteiger partial charge in [0, 0.05) is 38.8 Å². The molecule has 0 aliphatic carbocycles. The fraction of sp³-hybridized carbons (Fsp3) is 0.609. The lowest BCUT2D eigenvalue weighted by Crippen LogP contribution is -2.54. The highest BCUT2D eigenvalue weighted by molar-refractivity contribution is 5.76. The molecule has 196 valence electrons. The van der Waals surface area contributed by atoms with E-state index in [-0.39, 0.29) is 23.9 Å². The molecular weight excluding hydrogens is 471 g/mol. The Bertz CT molecular complexity index is 834. The van der Waals surface area contributed by atoms with Crippen LogP contribution in [0.5, 0.6) is 0 Å². The summed E-state index contributed by atoms with van der Waals surface area (Å²) >= 11 is 0. The topological polar surface area (TPSA) is 119 Å². The number of carboxylic acid groups (broad SMARTS) is 2. The highest BCUT2D eigenvalue weighted by Gasteiger charge is 2.38. The molecule has 2 aliphatic rings. The number of nitrogens with zero attached hydrogens (tertiary/aromatic N) is 2. The third-order valence-electron chi connectivity index (χ3n) is 5.99. The fourth-order valence-corrected chi connectivity index (χ4v) is 4.12. The zero-order chi connectivity index (χ0) is 26.0. The zero-order valence-electron chi connectivity index (χ0n) is 19.5. The lowest BCUT2D eigenvalue weighted by Gasteiger charge is -2.37. The molecule has 2 saturated heterocycles. The van der Waals surface area contributed by atoms with Crippen molar-refractivity contribution in [3.8, 4) is 0 Å². The summed E-state index contributed by atoms with van der Waals surface area (Å²) in [7, 11) is 0. The van der Waals surface area contributed by atoms with Crippen molar-refractivity contribution in [3.63, 3.8) is 0 Å². The van der Waals surface area contributed by atoms with Crippen molar-refractivity contribution in [3.05, 3.63) is 35.9 Å². The van der Waals surface area contributed by atoms with Crippen LogP contribution >= 0.6 is 0 Å². The van der Waals surface area contributed by atoms with Crippen LogP contribution in [0.25, 0.3) is 0 Å². The minimum atomic E-state index is -5.08. The molecule has 2 amide bonds. The first-order chi connectivity index (χ1) is 16.5. The van der Waals surface area contributed by atoms with E-state index in [9.17, 15) is 27.9 Å². The number of carbonyl (C=O) groups is 3. The largest absolute Gasteiger partial charge is 0.490 e. The number of urea groups is 1. The smallest absolute Gasteiger partial charge is 0.481 e. The van der Waals surface area contributed by atoms with Crippen LogP contribution in [0.2, 0.25) is 0 Å². The molecule has 2 aliphatic heterocycles. The number of hydrogen-bond donors (Lipinski definition) is 3. The normalized spacial score (nSPS) is 21.9. The van der Waals surface area contributed by atoms with Gasteiger partial charge >= 0.3 is 24.1 Å². The highest BCUT2D eigenvalue weighted by atomic mass is 19.4. The summed E-state index contributed by atoms with van der Waals surface area (Å²) in [6.45, 7) is 6.88. The van der Waals surface area contributed by atoms with Crippen molar-refractivity contribution < 1.29 is 42.5 Å². The van der Waals surface area contributed by atoms with Crippen LogP contribution in [0.4, 0.5) is 18.0 Å². The second-order valence-corrected chi connectivity index (χ2v) is 8.71. The number of ether oxygens (including phenoxy) is 1. The Labute approximate surface area is 201 Å². The van der Waals surface area contributed by atoms with Crippen LogP contribution in [-0.4, -0.2) is 96.1 Å². The molecule has 0 saturated carbocycles. The van der Waals surface area contributed by atoms with Crippen molar-refractivity contribution in [2.24, 2.45) is 11.8 Å². The summed E-state index contributed by atoms with van der Waals surface area (Å²) < 4.78 is 37.2. The summed E-state index contributed by atoms with van der Waals surface area (Å²) in [5, 5.41) is 19.6. The highest BCUT2D eigenvalue weighted by Crippen LogP contribution is 2.23. The molecule has 35 heavy (non-hydrogen) atoms. The predicted molar refractivity (Wildman–Crippen MR) is 120 cm³/mol. The Kier molecular flexibility index (Phi) is 10.8. The maximum absolute atomic E-state index is 12.9. The van der Waals surface area contributed by atoms with Crippen molar-refractivity contribution in [1.29, 1.82) is 0 Å². The molecule has 3 rings (SSSR count). The number of carboxylic acids is 2. The second-order valence-electron chi connectivity index (χ2n) is 8.71. The lowest BCUT2D eigenvalue weighted by atomic mass is 9.87. The number of aliphatic carboxylic acids is 2. The zero-order valence-corrected chi connectivity index (χ0v) is 19.5. The van der Waals surface area contributed by atoms with Crippen LogP contribution in [0.1, 0.15) is 18.9 Å². The standard InChI is InChI=1S/C21H31N3O4.C2HF3O2/c1-16-14-24(8-7-19(16)20(25)26)21(27)22-18(13-17-5-3-2-4-6-17)15-23-9-11-28-12-10-23;3-2(4,5)1(6)7/h2-6,16,18-19H,7-15H2,1H3,(H,22,27)(H,25,26);(H,6,7). The van der Waals surface area contributed by atoms with Crippen LogP contribution in [0.3, 0.4) is 0 Å². The molecule has 9 nitrogen and oxygen atoms in total. The van der Waals surface area contributed by atoms with Crippen molar-refractivity contribution in [2.45, 2.75) is 32.0 Å². The molecule has 3 unspecified atom stereocenters. The van der Waals surface area contributed by atoms with E-state index in [1.807, 2.05) is 25.1 Å². The van der Waals surface area contributed by atoms with E-state index in [1.165, 1.54) is 5.56 Å². The summed E-state index contributed by atoms with van der Waals surface area (Å²) in [4.78, 5) is 37.2. The van der Waals surface area contributed by atoms with Crippen molar-refractivity contribution >= 4 is 18.0 Å². The number of amides is 2. The van der Waals surface area contributed by atoms with Gasteiger partial charge in [-0.05, 0) is 24.3 Å². The van der Waals surface area contributed by atoms with Gasteiger partial charge in [0.2, 0.25) is 0 Å². The molecule has 2 heterocycles. The average Bonchev–Trinajstić information content (AvgIpc) is 2.80. The van der Waals surface area contributed by atoms with Gasteiger partial charge in [0.05, 0.1) is 19.1 Å². The number of alkyl halides is 3. The van der Waals surface area contributed by atoms with Gasteiger partial charge in [0.1, 0.15) is 0 Å². The minimum absolute atomic E-state index is 0.000466. The first-order valence-corrected chi connectivity index (χ1v) is 11.4. The molecule has 0 radical (unpaired) electrons. The van der Waals surface area contributed by atoms with Gasteiger partial charge in [-0.3, -0.25) is 9.69 Å². The lowest BCUT2D eigenvalue weighted by molar-refractivity contribution is -0.192. The molecule has 0 bridgehead atoms. The number of halogens is 3. The predicted octanol–water partition coefficient (Wildman–Crippen LogP) is 2.32. The number of morpholine rings is 1. The second kappa shape index (κ2) is 13.3. The fourth-order valence-electron chi connectivity index (χ4n) is 4.12. The quantitative estimate of drug-likeness (QED) is 0.545. The van der Waals surface area contributed by atoms with Crippen LogP contribution in [0, 0.1) is 11.8 Å². The molecule has 0 aromatic heterocycles. The number of likely N-dealkylation sites (tertiary alicyclic amines) is 1. The Balaban J connectivity index is 0.000000540.